The lowest BCUT2D eigenvalue weighted by Gasteiger charge is -2.38. The van der Waals surface area contributed by atoms with E-state index in [4.69, 9.17) is 18.9 Å². The maximum atomic E-state index is 13.7. The smallest absolute Gasteiger partial charge is 0.316 e. The average Bonchev–Trinajstić information content (AvgIpc) is 2.98. The number of ketones is 1. The predicted molar refractivity (Wildman–Crippen MR) is 105 cm³/mol. The highest BCUT2D eigenvalue weighted by Gasteiger charge is 2.62. The van der Waals surface area contributed by atoms with E-state index in [0.717, 1.165) is 28.4 Å². The van der Waals surface area contributed by atoms with Crippen molar-refractivity contribution in [3.63, 3.8) is 0 Å². The van der Waals surface area contributed by atoms with Gasteiger partial charge in [-0.25, -0.2) is 0 Å². The van der Waals surface area contributed by atoms with E-state index < -0.39 is 71.3 Å². The lowest BCUT2D eigenvalue weighted by molar-refractivity contribution is -0.168. The van der Waals surface area contributed by atoms with Crippen LogP contribution in [0.15, 0.2) is 24.3 Å². The summed E-state index contributed by atoms with van der Waals surface area (Å²) in [6, 6.07) is 6.41. The van der Waals surface area contributed by atoms with Gasteiger partial charge in [0.15, 0.2) is 5.78 Å². The van der Waals surface area contributed by atoms with E-state index >= 15 is 0 Å². The van der Waals surface area contributed by atoms with Crippen LogP contribution in [0.25, 0.3) is 0 Å². The van der Waals surface area contributed by atoms with Gasteiger partial charge in [0.25, 0.3) is 0 Å². The molecule has 10 heteroatoms. The molecule has 1 aromatic rings. The largest absolute Gasteiger partial charge is 0.469 e. The summed E-state index contributed by atoms with van der Waals surface area (Å²) in [6.45, 7) is 0. The number of methoxy groups -OCH3 is 4. The van der Waals surface area contributed by atoms with Crippen LogP contribution in [0.2, 0.25) is 0 Å². The van der Waals surface area contributed by atoms with Gasteiger partial charge in [-0.05, 0) is 11.1 Å². The van der Waals surface area contributed by atoms with Crippen LogP contribution < -0.4 is 0 Å². The zero-order valence-electron chi connectivity index (χ0n) is 18.0. The van der Waals surface area contributed by atoms with Crippen LogP contribution in [0.1, 0.15) is 23.0 Å². The van der Waals surface area contributed by atoms with E-state index in [2.05, 4.69) is 0 Å². The quantitative estimate of drug-likeness (QED) is 0.379. The number of carbonyl (C=O) groups is 5. The van der Waals surface area contributed by atoms with Crippen molar-refractivity contribution in [3.8, 4) is 0 Å². The van der Waals surface area contributed by atoms with Crippen LogP contribution in [-0.2, 0) is 42.9 Å². The van der Waals surface area contributed by atoms with Gasteiger partial charge in [-0.3, -0.25) is 24.0 Å². The van der Waals surface area contributed by atoms with Crippen molar-refractivity contribution in [2.45, 2.75) is 17.9 Å². The number of carbonyl (C=O) groups excluding carboxylic acids is 5. The first-order valence-corrected chi connectivity index (χ1v) is 9.87. The zero-order valence-corrected chi connectivity index (χ0v) is 18.0. The molecule has 0 aliphatic heterocycles. The molecule has 0 spiro atoms. The van der Waals surface area contributed by atoms with E-state index in [-0.39, 0.29) is 0 Å². The molecule has 3 rings (SSSR count). The van der Waals surface area contributed by atoms with Crippen molar-refractivity contribution in [1.29, 1.82) is 0 Å². The summed E-state index contributed by atoms with van der Waals surface area (Å²) in [5.41, 5.74) is 0.710. The summed E-state index contributed by atoms with van der Waals surface area (Å²) in [5, 5.41) is 11.3. The molecular formula is C22H24O10. The molecule has 1 N–H and O–H groups in total. The molecule has 0 radical (unpaired) electrons. The van der Waals surface area contributed by atoms with Crippen molar-refractivity contribution >= 4 is 29.7 Å². The molecule has 0 heterocycles. The van der Waals surface area contributed by atoms with Crippen molar-refractivity contribution in [3.05, 3.63) is 35.4 Å². The standard InChI is InChI=1S/C22H24O10/c1-29-19(25)13-11-9-7-5-6-8-10(9)12(15(17(13)23)21(27)31-3)16(22(28)32-4)18(24)14(11)20(26)30-2/h5-8,11-17,23H,1-4H3. The molecule has 6 unspecified atom stereocenters. The fraction of sp³-hybridized carbons (Fsp3) is 0.500. The number of esters is 4. The topological polar surface area (TPSA) is 142 Å². The van der Waals surface area contributed by atoms with Gasteiger partial charge in [0.1, 0.15) is 11.8 Å². The number of ether oxygens (including phenoxy) is 4. The van der Waals surface area contributed by atoms with E-state index in [1.165, 1.54) is 0 Å². The average molecular weight is 448 g/mol. The fourth-order valence-corrected chi connectivity index (χ4v) is 5.10. The summed E-state index contributed by atoms with van der Waals surface area (Å²) < 4.78 is 19.4. The molecule has 2 aliphatic rings. The van der Waals surface area contributed by atoms with Crippen LogP contribution in [0, 0.1) is 23.7 Å². The molecule has 0 saturated carbocycles. The Labute approximate surface area is 183 Å². The Morgan fingerprint density at radius 3 is 1.34 bits per heavy atom. The minimum Gasteiger partial charge on any atom is -0.469 e. The highest BCUT2D eigenvalue weighted by Crippen LogP contribution is 2.54. The normalized spacial score (nSPS) is 30.9. The molecule has 0 saturated heterocycles. The molecule has 2 aliphatic carbocycles. The Balaban J connectivity index is 2.45. The first kappa shape index (κ1) is 23.4. The second-order valence-electron chi connectivity index (χ2n) is 7.67. The van der Waals surface area contributed by atoms with Gasteiger partial charge in [0.05, 0.1) is 46.4 Å². The Hall–Kier alpha value is -3.27. The highest BCUT2D eigenvalue weighted by atomic mass is 16.5. The predicted octanol–water partition coefficient (Wildman–Crippen LogP) is -0.0322. The number of Topliss-reactive ketones (excluding diaryl/α,β-unsaturated/α-hetero) is 1. The zero-order chi connectivity index (χ0) is 23.7. The Morgan fingerprint density at radius 1 is 0.688 bits per heavy atom. The Morgan fingerprint density at radius 2 is 1.03 bits per heavy atom. The molecule has 0 fully saturated rings. The Kier molecular flexibility index (Phi) is 6.63. The summed E-state index contributed by atoms with van der Waals surface area (Å²) >= 11 is 0. The molecule has 1 aromatic carbocycles. The van der Waals surface area contributed by atoms with E-state index in [9.17, 15) is 29.1 Å². The lowest BCUT2D eigenvalue weighted by atomic mass is 9.65. The first-order valence-electron chi connectivity index (χ1n) is 9.87. The second kappa shape index (κ2) is 9.07. The van der Waals surface area contributed by atoms with Crippen molar-refractivity contribution in [1.82, 2.24) is 0 Å². The fourth-order valence-electron chi connectivity index (χ4n) is 5.10. The van der Waals surface area contributed by atoms with Crippen molar-refractivity contribution < 1.29 is 48.0 Å². The second-order valence-corrected chi connectivity index (χ2v) is 7.67. The third-order valence-corrected chi connectivity index (χ3v) is 6.41. The number of aliphatic hydroxyl groups is 1. The molecule has 0 aromatic heterocycles. The third-order valence-electron chi connectivity index (χ3n) is 6.41. The van der Waals surface area contributed by atoms with Crippen molar-refractivity contribution in [2.75, 3.05) is 28.4 Å². The van der Waals surface area contributed by atoms with E-state index in [1.807, 2.05) is 0 Å². The number of hydrogen-bond donors (Lipinski definition) is 1. The van der Waals surface area contributed by atoms with Crippen LogP contribution >= 0.6 is 0 Å². The molecule has 0 amide bonds. The number of rotatable bonds is 4. The van der Waals surface area contributed by atoms with Crippen LogP contribution in [0.4, 0.5) is 0 Å². The summed E-state index contributed by atoms with van der Waals surface area (Å²) in [7, 11) is 4.32. The molecule has 6 atom stereocenters. The molecule has 32 heavy (non-hydrogen) atoms. The highest BCUT2D eigenvalue weighted by molar-refractivity contribution is 6.11. The summed E-state index contributed by atoms with van der Waals surface area (Å²) in [6.07, 6.45) is -1.73. The van der Waals surface area contributed by atoms with E-state index in [0.29, 0.717) is 11.1 Å². The van der Waals surface area contributed by atoms with Crippen LogP contribution in [-0.4, -0.2) is 69.3 Å². The monoisotopic (exact) mass is 448 g/mol. The van der Waals surface area contributed by atoms with Gasteiger partial charge in [-0.1, -0.05) is 24.3 Å². The van der Waals surface area contributed by atoms with Gasteiger partial charge < -0.3 is 24.1 Å². The van der Waals surface area contributed by atoms with Gasteiger partial charge in [0.2, 0.25) is 0 Å². The van der Waals surface area contributed by atoms with Gasteiger partial charge in [-0.2, -0.15) is 0 Å². The van der Waals surface area contributed by atoms with Gasteiger partial charge in [-0.15, -0.1) is 0 Å². The summed E-state index contributed by atoms with van der Waals surface area (Å²) in [4.78, 5) is 65.0. The molecular weight excluding hydrogens is 424 g/mol. The first-order chi connectivity index (χ1) is 15.2. The summed E-state index contributed by atoms with van der Waals surface area (Å²) in [5.74, 6) is -13.4. The number of benzene rings is 1. The molecule has 2 bridgehead atoms. The lowest BCUT2D eigenvalue weighted by Crippen LogP contribution is -2.53. The maximum absolute atomic E-state index is 13.7. The van der Waals surface area contributed by atoms with Crippen LogP contribution in [0.5, 0.6) is 0 Å². The van der Waals surface area contributed by atoms with Crippen LogP contribution in [0.3, 0.4) is 0 Å². The van der Waals surface area contributed by atoms with Gasteiger partial charge in [0, 0.05) is 11.8 Å². The number of aliphatic hydroxyl groups excluding tert-OH is 1. The minimum absolute atomic E-state index is 0.355. The SMILES string of the molecule is COC(=O)C1C(=O)C(C(=O)OC)C2c3ccccc3C1C(C(=O)OC)C(O)C2C(=O)OC. The third kappa shape index (κ3) is 3.44. The minimum atomic E-state index is -1.73. The van der Waals surface area contributed by atoms with Gasteiger partial charge >= 0.3 is 23.9 Å². The van der Waals surface area contributed by atoms with Crippen molar-refractivity contribution in [2.24, 2.45) is 23.7 Å². The maximum Gasteiger partial charge on any atom is 0.316 e. The molecule has 172 valence electrons. The Bertz CT molecular complexity index is 881. The number of hydrogen-bond acceptors (Lipinski definition) is 10. The molecule has 10 nitrogen and oxygen atoms in total. The van der Waals surface area contributed by atoms with E-state index in [1.54, 1.807) is 24.3 Å².